The zero-order chi connectivity index (χ0) is 24.8. The average molecular weight is 479 g/mol. The van der Waals surface area contributed by atoms with Crippen molar-refractivity contribution in [3.8, 4) is 11.4 Å². The summed E-state index contributed by atoms with van der Waals surface area (Å²) in [5.74, 6) is 0.0298. The van der Waals surface area contributed by atoms with E-state index in [1.165, 1.54) is 0 Å². The highest BCUT2D eigenvalue weighted by molar-refractivity contribution is 5.95. The molecule has 5 aromatic rings. The third-order valence-corrected chi connectivity index (χ3v) is 7.23. The topological polar surface area (TPSA) is 81.5 Å². The molecule has 1 atom stereocenters. The van der Waals surface area contributed by atoms with Crippen LogP contribution in [-0.4, -0.2) is 48.9 Å². The molecule has 1 aromatic carbocycles. The van der Waals surface area contributed by atoms with Gasteiger partial charge in [-0.3, -0.25) is 9.78 Å². The molecule has 1 amide bonds. The summed E-state index contributed by atoms with van der Waals surface area (Å²) in [5.41, 5.74) is 13.7. The highest BCUT2D eigenvalue weighted by Gasteiger charge is 2.24. The first-order valence-electron chi connectivity index (χ1n) is 12.5. The van der Waals surface area contributed by atoms with Gasteiger partial charge in [0.1, 0.15) is 11.3 Å². The van der Waals surface area contributed by atoms with Gasteiger partial charge < -0.3 is 19.6 Å². The van der Waals surface area contributed by atoms with Gasteiger partial charge in [0.05, 0.1) is 17.9 Å². The van der Waals surface area contributed by atoms with Crippen LogP contribution in [0.15, 0.2) is 66.9 Å². The fourth-order valence-electron chi connectivity index (χ4n) is 5.51. The van der Waals surface area contributed by atoms with Crippen molar-refractivity contribution in [2.45, 2.75) is 39.3 Å². The van der Waals surface area contributed by atoms with Crippen LogP contribution in [0.5, 0.6) is 0 Å². The van der Waals surface area contributed by atoms with Gasteiger partial charge in [0.2, 0.25) is 0 Å². The van der Waals surface area contributed by atoms with Gasteiger partial charge in [0.15, 0.2) is 0 Å². The average Bonchev–Trinajstić information content (AvgIpc) is 3.41. The lowest BCUT2D eigenvalue weighted by atomic mass is 10.1. The summed E-state index contributed by atoms with van der Waals surface area (Å²) < 4.78 is 4.42. The molecule has 1 aliphatic heterocycles. The molecule has 0 bridgehead atoms. The summed E-state index contributed by atoms with van der Waals surface area (Å²) in [6.07, 6.45) is 3.74. The summed E-state index contributed by atoms with van der Waals surface area (Å²) in [5, 5.41) is 1.16. The second-order valence-corrected chi connectivity index (χ2v) is 9.77. The zero-order valence-corrected chi connectivity index (χ0v) is 20.7. The number of amides is 1. The Morgan fingerprint density at radius 1 is 1.08 bits per heavy atom. The molecule has 0 aliphatic carbocycles. The number of nitrogens with zero attached hydrogens (tertiary/aromatic N) is 5. The molecule has 36 heavy (non-hydrogen) atoms. The molecule has 1 saturated heterocycles. The molecule has 4 aromatic heterocycles. The van der Waals surface area contributed by atoms with Crippen LogP contribution < -0.4 is 5.73 Å². The van der Waals surface area contributed by atoms with E-state index in [0.717, 1.165) is 64.4 Å². The number of benzene rings is 1. The van der Waals surface area contributed by atoms with Crippen LogP contribution in [0.4, 0.5) is 0 Å². The van der Waals surface area contributed by atoms with Gasteiger partial charge in [0.25, 0.3) is 5.91 Å². The minimum Gasteiger partial charge on any atom is -0.337 e. The molecule has 7 heteroatoms. The number of para-hydroxylation sites is 1. The lowest BCUT2D eigenvalue weighted by Gasteiger charge is -2.30. The lowest BCUT2D eigenvalue weighted by molar-refractivity contribution is 0.0708. The van der Waals surface area contributed by atoms with E-state index in [-0.39, 0.29) is 11.9 Å². The predicted molar refractivity (Wildman–Crippen MR) is 142 cm³/mol. The van der Waals surface area contributed by atoms with Gasteiger partial charge in [-0.2, -0.15) is 0 Å². The number of carbonyl (C=O) groups excluding carboxylic acids is 1. The van der Waals surface area contributed by atoms with Crippen molar-refractivity contribution in [3.63, 3.8) is 0 Å². The van der Waals surface area contributed by atoms with E-state index in [9.17, 15) is 4.79 Å². The maximum absolute atomic E-state index is 13.3. The fraction of sp³-hybridized carbons (Fsp3) is 0.276. The third kappa shape index (κ3) is 3.85. The second-order valence-electron chi connectivity index (χ2n) is 9.77. The van der Waals surface area contributed by atoms with Crippen LogP contribution >= 0.6 is 0 Å². The number of hydrogen-bond donors (Lipinski definition) is 1. The molecule has 182 valence electrons. The number of aromatic nitrogens is 4. The number of imidazole rings is 1. The molecule has 0 saturated carbocycles. The third-order valence-electron chi connectivity index (χ3n) is 7.23. The van der Waals surface area contributed by atoms with Gasteiger partial charge >= 0.3 is 0 Å². The van der Waals surface area contributed by atoms with Crippen molar-refractivity contribution in [2.75, 3.05) is 13.1 Å². The van der Waals surface area contributed by atoms with Gasteiger partial charge in [-0.1, -0.05) is 24.3 Å². The number of aryl methyl sites for hydroxylation is 2. The minimum atomic E-state index is 0.0298. The van der Waals surface area contributed by atoms with Gasteiger partial charge in [-0.25, -0.2) is 4.98 Å². The number of pyridine rings is 2. The zero-order valence-electron chi connectivity index (χ0n) is 20.7. The summed E-state index contributed by atoms with van der Waals surface area (Å²) >= 11 is 0. The normalized spacial score (nSPS) is 16.2. The smallest absolute Gasteiger partial charge is 0.254 e. The van der Waals surface area contributed by atoms with E-state index in [1.807, 2.05) is 48.4 Å². The first-order chi connectivity index (χ1) is 17.5. The molecule has 1 fully saturated rings. The largest absolute Gasteiger partial charge is 0.337 e. The molecule has 1 unspecified atom stereocenters. The molecule has 7 nitrogen and oxygen atoms in total. The molecule has 0 spiro atoms. The molecule has 1 aliphatic rings. The Morgan fingerprint density at radius 2 is 1.92 bits per heavy atom. The van der Waals surface area contributed by atoms with E-state index in [4.69, 9.17) is 10.7 Å². The summed E-state index contributed by atoms with van der Waals surface area (Å²) in [4.78, 5) is 24.8. The fourth-order valence-corrected chi connectivity index (χ4v) is 5.51. The van der Waals surface area contributed by atoms with Crippen LogP contribution in [0, 0.1) is 13.8 Å². The van der Waals surface area contributed by atoms with Gasteiger partial charge in [-0.05, 0) is 63.1 Å². The Morgan fingerprint density at radius 3 is 2.72 bits per heavy atom. The van der Waals surface area contributed by atoms with Gasteiger partial charge in [0, 0.05) is 53.2 Å². The first kappa shape index (κ1) is 22.5. The van der Waals surface area contributed by atoms with Gasteiger partial charge in [-0.15, -0.1) is 0 Å². The highest BCUT2D eigenvalue weighted by atomic mass is 16.2. The Hall–Kier alpha value is -3.97. The second kappa shape index (κ2) is 8.91. The molecule has 5 heterocycles. The number of likely N-dealkylation sites (tertiary alicyclic amines) is 1. The Kier molecular flexibility index (Phi) is 5.57. The van der Waals surface area contributed by atoms with E-state index in [0.29, 0.717) is 18.7 Å². The summed E-state index contributed by atoms with van der Waals surface area (Å²) in [7, 11) is 0. The quantitative estimate of drug-likeness (QED) is 0.410. The monoisotopic (exact) mass is 478 g/mol. The molecule has 0 radical (unpaired) electrons. The molecular weight excluding hydrogens is 448 g/mol. The number of rotatable bonds is 4. The lowest BCUT2D eigenvalue weighted by Crippen LogP contribution is -2.45. The van der Waals surface area contributed by atoms with E-state index < -0.39 is 0 Å². The molecule has 2 N–H and O–H groups in total. The number of hydrogen-bond acceptors (Lipinski definition) is 4. The van der Waals surface area contributed by atoms with Crippen LogP contribution in [0.1, 0.15) is 40.3 Å². The Balaban J connectivity index is 1.46. The van der Waals surface area contributed by atoms with Crippen LogP contribution in [0.3, 0.4) is 0 Å². The van der Waals surface area contributed by atoms with Crippen molar-refractivity contribution in [1.29, 1.82) is 0 Å². The highest BCUT2D eigenvalue weighted by Crippen LogP contribution is 2.32. The molecule has 6 rings (SSSR count). The van der Waals surface area contributed by atoms with Crippen LogP contribution in [0.25, 0.3) is 27.9 Å². The number of carbonyl (C=O) groups is 1. The standard InChI is InChI=1S/C29H30N6O/c1-19-14-22(29(36)33-13-7-9-23(30)17-33)16-27-32-28(20(2)35(19)27)26-15-21-8-3-4-11-25(21)34(26)18-24-10-5-6-12-31-24/h3-6,8,10-12,14-16,23H,7,9,13,17-18,30H2,1-2H3. The maximum atomic E-state index is 13.3. The maximum Gasteiger partial charge on any atom is 0.254 e. The minimum absolute atomic E-state index is 0.0298. The van der Waals surface area contributed by atoms with E-state index in [2.05, 4.69) is 51.2 Å². The number of piperidine rings is 1. The van der Waals surface area contributed by atoms with Crippen molar-refractivity contribution >= 4 is 22.5 Å². The number of fused-ring (bicyclic) bond motifs is 2. The van der Waals surface area contributed by atoms with Crippen LogP contribution in [0.2, 0.25) is 0 Å². The molecular formula is C29H30N6O. The van der Waals surface area contributed by atoms with Crippen molar-refractivity contribution < 1.29 is 4.79 Å². The first-order valence-corrected chi connectivity index (χ1v) is 12.5. The van der Waals surface area contributed by atoms with Crippen molar-refractivity contribution in [2.24, 2.45) is 5.73 Å². The van der Waals surface area contributed by atoms with E-state index in [1.54, 1.807) is 0 Å². The van der Waals surface area contributed by atoms with E-state index >= 15 is 0 Å². The predicted octanol–water partition coefficient (Wildman–Crippen LogP) is 4.58. The Bertz CT molecular complexity index is 1580. The summed E-state index contributed by atoms with van der Waals surface area (Å²) in [6, 6.07) is 20.5. The SMILES string of the molecule is Cc1cc(C(=O)N2CCCC(N)C2)cc2nc(-c3cc4ccccc4n3Cc3ccccn3)c(C)n12. The van der Waals surface area contributed by atoms with Crippen molar-refractivity contribution in [1.82, 2.24) is 23.8 Å². The number of nitrogens with two attached hydrogens (primary N) is 1. The van der Waals surface area contributed by atoms with Crippen molar-refractivity contribution in [3.05, 3.63) is 89.5 Å². The van der Waals surface area contributed by atoms with Crippen LogP contribution in [-0.2, 0) is 6.54 Å². The summed E-state index contributed by atoms with van der Waals surface area (Å²) in [6.45, 7) is 6.14. The Labute approximate surface area is 210 Å².